The molecule has 0 atom stereocenters. The van der Waals surface area contributed by atoms with Gasteiger partial charge in [-0.1, -0.05) is 13.8 Å². The van der Waals surface area contributed by atoms with Crippen LogP contribution < -0.4 is 4.74 Å². The van der Waals surface area contributed by atoms with Crippen LogP contribution in [-0.4, -0.2) is 27.8 Å². The van der Waals surface area contributed by atoms with Crippen LogP contribution in [0.1, 0.15) is 32.4 Å². The number of carbonyl (C=O) groups is 1. The molecule has 0 aliphatic rings. The lowest BCUT2D eigenvalue weighted by Crippen LogP contribution is -2.28. The minimum Gasteiger partial charge on any atom is -0.493 e. The number of aromatic amines is 1. The zero-order valence-corrected chi connectivity index (χ0v) is 16.7. The van der Waals surface area contributed by atoms with Crippen molar-refractivity contribution in [1.29, 1.82) is 0 Å². The number of benzene rings is 1. The molecule has 0 saturated carbocycles. The molecule has 3 rings (SSSR count). The van der Waals surface area contributed by atoms with Crippen LogP contribution in [0.2, 0.25) is 0 Å². The molecule has 0 amide bonds. The van der Waals surface area contributed by atoms with Gasteiger partial charge in [0.2, 0.25) is 0 Å². The predicted molar refractivity (Wildman–Crippen MR) is 107 cm³/mol. The molecule has 0 bridgehead atoms. The quantitative estimate of drug-likeness (QED) is 0.489. The van der Waals surface area contributed by atoms with Crippen molar-refractivity contribution in [2.24, 2.45) is 5.41 Å². The second-order valence-corrected chi connectivity index (χ2v) is 7.08. The van der Waals surface area contributed by atoms with Gasteiger partial charge in [0, 0.05) is 17.3 Å². The van der Waals surface area contributed by atoms with Crippen molar-refractivity contribution in [2.75, 3.05) is 6.61 Å². The summed E-state index contributed by atoms with van der Waals surface area (Å²) in [6.45, 7) is 4.25. The fourth-order valence-corrected chi connectivity index (χ4v) is 2.92. The number of pyridine rings is 1. The number of nitrogens with one attached hydrogen (secondary N) is 1. The Bertz CT molecular complexity index is 976. The highest BCUT2D eigenvalue weighted by molar-refractivity contribution is 5.64. The lowest BCUT2D eigenvalue weighted by molar-refractivity contribution is -0.140. The van der Waals surface area contributed by atoms with E-state index in [4.69, 9.17) is 4.74 Å². The molecule has 0 saturated heterocycles. The monoisotopic (exact) mass is 417 g/mol. The Kier molecular flexibility index (Phi) is 6.24. The SMILES string of the molecule is CCC(C=O)(CC)COc1ccc(-c2ccc(-c3ncc(C(F)(F)F)[nH]3)cn2)cc1. The normalized spacial score (nSPS) is 12.0. The Morgan fingerprint density at radius 3 is 2.13 bits per heavy atom. The molecule has 2 heterocycles. The molecule has 0 aliphatic heterocycles. The molecular formula is C22H22F3N3O2. The van der Waals surface area contributed by atoms with Crippen LogP contribution in [0.25, 0.3) is 22.6 Å². The van der Waals surface area contributed by atoms with Gasteiger partial charge in [-0.25, -0.2) is 4.98 Å². The van der Waals surface area contributed by atoms with Gasteiger partial charge in [0.15, 0.2) is 0 Å². The van der Waals surface area contributed by atoms with Crippen LogP contribution in [0.3, 0.4) is 0 Å². The largest absolute Gasteiger partial charge is 0.493 e. The zero-order chi connectivity index (χ0) is 21.8. The molecule has 5 nitrogen and oxygen atoms in total. The van der Waals surface area contributed by atoms with Crippen molar-refractivity contribution in [3.63, 3.8) is 0 Å². The van der Waals surface area contributed by atoms with Crippen LogP contribution in [-0.2, 0) is 11.0 Å². The molecule has 0 unspecified atom stereocenters. The molecule has 8 heteroatoms. The van der Waals surface area contributed by atoms with E-state index in [-0.39, 0.29) is 5.82 Å². The molecule has 158 valence electrons. The van der Waals surface area contributed by atoms with Crippen LogP contribution in [0, 0.1) is 5.41 Å². The van der Waals surface area contributed by atoms with E-state index >= 15 is 0 Å². The smallest absolute Gasteiger partial charge is 0.432 e. The van der Waals surface area contributed by atoms with E-state index in [2.05, 4.69) is 15.0 Å². The first-order valence-electron chi connectivity index (χ1n) is 9.58. The average molecular weight is 417 g/mol. The summed E-state index contributed by atoms with van der Waals surface area (Å²) in [5.41, 5.74) is 0.572. The third-order valence-electron chi connectivity index (χ3n) is 5.25. The van der Waals surface area contributed by atoms with Crippen molar-refractivity contribution >= 4 is 6.29 Å². The maximum atomic E-state index is 12.7. The van der Waals surface area contributed by atoms with Crippen molar-refractivity contribution in [3.05, 3.63) is 54.5 Å². The highest BCUT2D eigenvalue weighted by Crippen LogP contribution is 2.30. The Morgan fingerprint density at radius 2 is 1.63 bits per heavy atom. The second kappa shape index (κ2) is 8.69. The summed E-state index contributed by atoms with van der Waals surface area (Å²) in [6, 6.07) is 10.7. The molecule has 0 aliphatic carbocycles. The molecule has 1 N–H and O–H groups in total. The third-order valence-corrected chi connectivity index (χ3v) is 5.25. The van der Waals surface area contributed by atoms with Gasteiger partial charge in [0.25, 0.3) is 0 Å². The van der Waals surface area contributed by atoms with Crippen molar-refractivity contribution < 1.29 is 22.7 Å². The van der Waals surface area contributed by atoms with Gasteiger partial charge in [-0.15, -0.1) is 0 Å². The number of carbonyl (C=O) groups excluding carboxylic acids is 1. The fraction of sp³-hybridized carbons (Fsp3) is 0.318. The van der Waals surface area contributed by atoms with E-state index in [1.165, 1.54) is 6.20 Å². The summed E-state index contributed by atoms with van der Waals surface area (Å²) in [6.07, 6.45) is 0.145. The standard InChI is InChI=1S/C22H22F3N3O2/c1-3-21(4-2,13-29)14-30-17-8-5-15(6-9-17)18-10-7-16(11-26-18)20-27-12-19(28-20)22(23,24)25/h5-13H,3-4,14H2,1-2H3,(H,27,28). The molecule has 3 aromatic rings. The fourth-order valence-electron chi connectivity index (χ4n) is 2.92. The van der Waals surface area contributed by atoms with Crippen LogP contribution in [0.5, 0.6) is 5.75 Å². The number of aldehydes is 1. The lowest BCUT2D eigenvalue weighted by Gasteiger charge is -2.24. The van der Waals surface area contributed by atoms with E-state index in [0.29, 0.717) is 36.5 Å². The Labute approximate surface area is 172 Å². The summed E-state index contributed by atoms with van der Waals surface area (Å²) >= 11 is 0. The molecule has 0 fully saturated rings. The first-order chi connectivity index (χ1) is 14.3. The zero-order valence-electron chi connectivity index (χ0n) is 16.7. The number of halogens is 3. The van der Waals surface area contributed by atoms with E-state index in [1.54, 1.807) is 24.3 Å². The first kappa shape index (κ1) is 21.5. The van der Waals surface area contributed by atoms with Gasteiger partial charge < -0.3 is 14.5 Å². The van der Waals surface area contributed by atoms with Gasteiger partial charge in [-0.05, 0) is 49.2 Å². The second-order valence-electron chi connectivity index (χ2n) is 7.08. The highest BCUT2D eigenvalue weighted by atomic mass is 19.4. The van der Waals surface area contributed by atoms with Crippen molar-refractivity contribution in [1.82, 2.24) is 15.0 Å². The molecule has 2 aromatic heterocycles. The Hall–Kier alpha value is -3.16. The van der Waals surface area contributed by atoms with Gasteiger partial charge >= 0.3 is 6.18 Å². The number of hydrogen-bond donors (Lipinski definition) is 1. The van der Waals surface area contributed by atoms with Gasteiger partial charge in [-0.3, -0.25) is 4.98 Å². The number of rotatable bonds is 8. The number of nitrogens with zero attached hydrogens (tertiary/aromatic N) is 2. The van der Waals surface area contributed by atoms with Gasteiger partial charge in [0.05, 0.1) is 17.3 Å². The van der Waals surface area contributed by atoms with Gasteiger partial charge in [-0.2, -0.15) is 13.2 Å². The number of H-pyrrole nitrogens is 1. The number of aromatic nitrogens is 3. The Balaban J connectivity index is 1.70. The number of imidazole rings is 1. The first-order valence-corrected chi connectivity index (χ1v) is 9.58. The van der Waals surface area contributed by atoms with Crippen LogP contribution in [0.4, 0.5) is 13.2 Å². The van der Waals surface area contributed by atoms with Crippen LogP contribution >= 0.6 is 0 Å². The van der Waals surface area contributed by atoms with Crippen molar-refractivity contribution in [3.8, 4) is 28.4 Å². The third kappa shape index (κ3) is 4.69. The van der Waals surface area contributed by atoms with E-state index in [1.807, 2.05) is 26.0 Å². The number of hydrogen-bond acceptors (Lipinski definition) is 4. The summed E-state index contributed by atoms with van der Waals surface area (Å²) in [7, 11) is 0. The molecule has 30 heavy (non-hydrogen) atoms. The van der Waals surface area contributed by atoms with Gasteiger partial charge in [0.1, 0.15) is 30.2 Å². The van der Waals surface area contributed by atoms with Crippen LogP contribution in [0.15, 0.2) is 48.8 Å². The molecular weight excluding hydrogens is 395 g/mol. The van der Waals surface area contributed by atoms with Crippen molar-refractivity contribution in [2.45, 2.75) is 32.9 Å². The average Bonchev–Trinajstić information content (AvgIpc) is 3.27. The minimum atomic E-state index is -4.47. The maximum absolute atomic E-state index is 12.7. The summed E-state index contributed by atoms with van der Waals surface area (Å²) in [4.78, 5) is 21.7. The number of ether oxygens (including phenoxy) is 1. The molecule has 1 aromatic carbocycles. The van der Waals surface area contributed by atoms with E-state index in [9.17, 15) is 18.0 Å². The Morgan fingerprint density at radius 1 is 0.967 bits per heavy atom. The molecule has 0 radical (unpaired) electrons. The lowest BCUT2D eigenvalue weighted by atomic mass is 9.85. The predicted octanol–water partition coefficient (Wildman–Crippen LogP) is 5.54. The summed E-state index contributed by atoms with van der Waals surface area (Å²) < 4.78 is 43.9. The maximum Gasteiger partial charge on any atom is 0.432 e. The highest BCUT2D eigenvalue weighted by Gasteiger charge is 2.33. The summed E-state index contributed by atoms with van der Waals surface area (Å²) in [5.74, 6) is 0.759. The van der Waals surface area contributed by atoms with E-state index in [0.717, 1.165) is 18.0 Å². The summed E-state index contributed by atoms with van der Waals surface area (Å²) in [5, 5.41) is 0. The number of alkyl halides is 3. The molecule has 0 spiro atoms. The topological polar surface area (TPSA) is 67.9 Å². The van der Waals surface area contributed by atoms with E-state index < -0.39 is 17.3 Å². The minimum absolute atomic E-state index is 0.107.